The summed E-state index contributed by atoms with van der Waals surface area (Å²) in [7, 11) is -1.90. The molecule has 1 aliphatic carbocycles. The summed E-state index contributed by atoms with van der Waals surface area (Å²) < 4.78 is 44.1. The Morgan fingerprint density at radius 3 is 2.27 bits per heavy atom. The number of nitrogens with zero attached hydrogens (tertiary/aromatic N) is 2. The van der Waals surface area contributed by atoms with Crippen molar-refractivity contribution in [3.05, 3.63) is 28.4 Å². The van der Waals surface area contributed by atoms with Crippen molar-refractivity contribution in [2.24, 2.45) is 0 Å². The van der Waals surface area contributed by atoms with Crippen molar-refractivity contribution in [1.82, 2.24) is 4.98 Å². The zero-order chi connectivity index (χ0) is 23.3. The first-order valence-electron chi connectivity index (χ1n) is 9.30. The van der Waals surface area contributed by atoms with Crippen molar-refractivity contribution in [3.63, 3.8) is 0 Å². The minimum atomic E-state index is -5.08. The molecule has 0 aromatic carbocycles. The topological polar surface area (TPSA) is 112 Å². The smallest absolute Gasteiger partial charge is 0.475 e. The average molecular weight is 453 g/mol. The predicted octanol–water partition coefficient (Wildman–Crippen LogP) is 4.94. The molecular formula is C18H27F3N2O6Si. The molecule has 1 fully saturated rings. The number of rotatable bonds is 5. The number of hydrogen-bond acceptors (Lipinski definition) is 6. The van der Waals surface area contributed by atoms with E-state index in [0.29, 0.717) is 0 Å². The van der Waals surface area contributed by atoms with E-state index >= 15 is 0 Å². The Balaban J connectivity index is 0.000000553. The minimum absolute atomic E-state index is 0.0162. The number of carboxylic acid groups (broad SMARTS) is 1. The normalized spacial score (nSPS) is 19.6. The molecule has 0 radical (unpaired) electrons. The molecule has 2 atom stereocenters. The highest BCUT2D eigenvalue weighted by Gasteiger charge is 2.43. The van der Waals surface area contributed by atoms with Crippen LogP contribution in [0.3, 0.4) is 0 Å². The third-order valence-electron chi connectivity index (χ3n) is 5.10. The van der Waals surface area contributed by atoms with Crippen LogP contribution in [-0.4, -0.2) is 47.7 Å². The third-order valence-corrected chi connectivity index (χ3v) is 9.60. The maximum absolute atomic E-state index is 11.1. The maximum Gasteiger partial charge on any atom is 0.490 e. The first-order valence-corrected chi connectivity index (χ1v) is 12.2. The van der Waals surface area contributed by atoms with Crippen LogP contribution in [0.1, 0.15) is 40.0 Å². The molecule has 0 saturated heterocycles. The molecule has 8 nitrogen and oxygen atoms in total. The Morgan fingerprint density at radius 2 is 1.80 bits per heavy atom. The van der Waals surface area contributed by atoms with Crippen LogP contribution in [-0.2, 0) is 9.22 Å². The quantitative estimate of drug-likeness (QED) is 0.382. The van der Waals surface area contributed by atoms with Gasteiger partial charge in [-0.1, -0.05) is 20.8 Å². The van der Waals surface area contributed by atoms with Crippen molar-refractivity contribution >= 4 is 20.0 Å². The number of aromatic nitrogens is 1. The van der Waals surface area contributed by atoms with Gasteiger partial charge >= 0.3 is 17.8 Å². The first kappa shape index (κ1) is 25.8. The second-order valence-corrected chi connectivity index (χ2v) is 13.1. The lowest BCUT2D eigenvalue weighted by atomic mass is 10.2. The molecule has 0 amide bonds. The molecular weight excluding hydrogens is 425 g/mol. The van der Waals surface area contributed by atoms with E-state index in [9.17, 15) is 23.3 Å². The van der Waals surface area contributed by atoms with Crippen LogP contribution in [0, 0.1) is 10.1 Å². The SMILES string of the molecule is CC(C)(C)[Si](C)(C)O[C@@H]1CCC[C@H]1Oc1ncccc1[N+](=O)[O-].O=C(O)C(F)(F)F. The number of halogens is 3. The number of pyridine rings is 1. The monoisotopic (exact) mass is 452 g/mol. The van der Waals surface area contributed by atoms with E-state index in [4.69, 9.17) is 19.1 Å². The Bertz CT molecular complexity index is 752. The lowest BCUT2D eigenvalue weighted by Crippen LogP contribution is -2.46. The van der Waals surface area contributed by atoms with Gasteiger partial charge in [-0.25, -0.2) is 9.78 Å². The summed E-state index contributed by atoms with van der Waals surface area (Å²) in [6, 6.07) is 2.96. The van der Waals surface area contributed by atoms with Gasteiger partial charge in [0.2, 0.25) is 0 Å². The largest absolute Gasteiger partial charge is 0.490 e. The zero-order valence-corrected chi connectivity index (χ0v) is 18.5. The molecule has 2 rings (SSSR count). The molecule has 0 aliphatic heterocycles. The van der Waals surface area contributed by atoms with E-state index in [0.717, 1.165) is 19.3 Å². The van der Waals surface area contributed by atoms with Gasteiger partial charge in [-0.2, -0.15) is 13.2 Å². The van der Waals surface area contributed by atoms with Gasteiger partial charge in [0.1, 0.15) is 6.10 Å². The fourth-order valence-corrected chi connectivity index (χ4v) is 3.85. The van der Waals surface area contributed by atoms with Crippen molar-refractivity contribution in [3.8, 4) is 5.88 Å². The van der Waals surface area contributed by atoms with Crippen molar-refractivity contribution in [2.75, 3.05) is 0 Å². The first-order chi connectivity index (χ1) is 13.6. The van der Waals surface area contributed by atoms with Crippen molar-refractivity contribution < 1.29 is 37.2 Å². The van der Waals surface area contributed by atoms with Gasteiger partial charge in [-0.05, 0) is 43.5 Å². The number of ether oxygens (including phenoxy) is 1. The minimum Gasteiger partial charge on any atom is -0.475 e. The summed E-state index contributed by atoms with van der Waals surface area (Å²) >= 11 is 0. The fraction of sp³-hybridized carbons (Fsp3) is 0.667. The van der Waals surface area contributed by atoms with Crippen LogP contribution in [0.4, 0.5) is 18.9 Å². The van der Waals surface area contributed by atoms with Crippen LogP contribution < -0.4 is 4.74 Å². The Kier molecular flexibility index (Phi) is 8.37. The molecule has 0 spiro atoms. The molecule has 30 heavy (non-hydrogen) atoms. The lowest BCUT2D eigenvalue weighted by molar-refractivity contribution is -0.386. The van der Waals surface area contributed by atoms with Crippen molar-refractivity contribution in [2.45, 2.75) is 76.6 Å². The molecule has 1 aromatic heterocycles. The second-order valence-electron chi connectivity index (χ2n) is 8.39. The van der Waals surface area contributed by atoms with Gasteiger partial charge in [0.15, 0.2) is 8.32 Å². The number of alkyl halides is 3. The molecule has 170 valence electrons. The van der Waals surface area contributed by atoms with E-state index in [1.807, 2.05) is 0 Å². The van der Waals surface area contributed by atoms with Gasteiger partial charge in [-0.3, -0.25) is 10.1 Å². The Morgan fingerprint density at radius 1 is 1.27 bits per heavy atom. The molecule has 1 aromatic rings. The van der Waals surface area contributed by atoms with Crippen LogP contribution in [0.15, 0.2) is 18.3 Å². The summed E-state index contributed by atoms with van der Waals surface area (Å²) in [5, 5.41) is 18.3. The molecule has 12 heteroatoms. The summed E-state index contributed by atoms with van der Waals surface area (Å²) in [6.45, 7) is 11.0. The molecule has 1 N–H and O–H groups in total. The van der Waals surface area contributed by atoms with Crippen LogP contribution in [0.25, 0.3) is 0 Å². The zero-order valence-electron chi connectivity index (χ0n) is 17.5. The summed E-state index contributed by atoms with van der Waals surface area (Å²) in [5.74, 6) is -2.67. The molecule has 0 bridgehead atoms. The van der Waals surface area contributed by atoms with E-state index in [1.54, 1.807) is 6.07 Å². The van der Waals surface area contributed by atoms with Crippen molar-refractivity contribution in [1.29, 1.82) is 0 Å². The molecule has 1 heterocycles. The van der Waals surface area contributed by atoms with Crippen LogP contribution >= 0.6 is 0 Å². The highest BCUT2D eigenvalue weighted by Crippen LogP contribution is 2.40. The Labute approximate surface area is 173 Å². The van der Waals surface area contributed by atoms with Crippen LogP contribution in [0.5, 0.6) is 5.88 Å². The number of carboxylic acids is 1. The Hall–Kier alpha value is -2.21. The van der Waals surface area contributed by atoms with Gasteiger partial charge in [0.25, 0.3) is 5.88 Å². The van der Waals surface area contributed by atoms with E-state index in [1.165, 1.54) is 12.3 Å². The average Bonchev–Trinajstić information content (AvgIpc) is 3.00. The summed E-state index contributed by atoms with van der Waals surface area (Å²) in [6.07, 6.45) is -0.980. The third kappa shape index (κ3) is 7.24. The second kappa shape index (κ2) is 9.73. The molecule has 1 aliphatic rings. The molecule has 0 unspecified atom stereocenters. The number of aliphatic carboxylic acids is 1. The van der Waals surface area contributed by atoms with E-state index in [2.05, 4.69) is 38.8 Å². The standard InChI is InChI=1S/C16H26N2O4Si.C2HF3O2/c1-16(2,3)23(4,5)22-14-10-6-9-13(14)21-15-12(18(19)20)8-7-11-17-15;3-2(4,5)1(6)7/h7-8,11,13-14H,6,9-10H2,1-5H3;(H,6,7)/t13-,14-;/m1./s1. The van der Waals surface area contributed by atoms with Gasteiger partial charge < -0.3 is 14.3 Å². The summed E-state index contributed by atoms with van der Waals surface area (Å²) in [4.78, 5) is 23.6. The number of nitro groups is 1. The number of hydrogen-bond donors (Lipinski definition) is 1. The fourth-order valence-electron chi connectivity index (χ4n) is 2.47. The van der Waals surface area contributed by atoms with Gasteiger partial charge in [0, 0.05) is 12.3 Å². The molecule has 1 saturated carbocycles. The number of carbonyl (C=O) groups is 1. The van der Waals surface area contributed by atoms with Gasteiger partial charge in [0.05, 0.1) is 11.0 Å². The van der Waals surface area contributed by atoms with E-state index in [-0.39, 0.29) is 28.8 Å². The highest BCUT2D eigenvalue weighted by atomic mass is 28.4. The maximum atomic E-state index is 11.1. The lowest BCUT2D eigenvalue weighted by Gasteiger charge is -2.39. The van der Waals surface area contributed by atoms with Crippen LogP contribution in [0.2, 0.25) is 18.1 Å². The highest BCUT2D eigenvalue weighted by molar-refractivity contribution is 6.74. The van der Waals surface area contributed by atoms with Gasteiger partial charge in [-0.15, -0.1) is 0 Å². The summed E-state index contributed by atoms with van der Waals surface area (Å²) in [5.41, 5.74) is -0.0922. The predicted molar refractivity (Wildman–Crippen MR) is 105 cm³/mol. The van der Waals surface area contributed by atoms with E-state index < -0.39 is 25.4 Å².